The lowest BCUT2D eigenvalue weighted by Crippen LogP contribution is -2.38. The first kappa shape index (κ1) is 22.6. The van der Waals surface area contributed by atoms with Gasteiger partial charge in [0.1, 0.15) is 6.54 Å². The third-order valence-electron chi connectivity index (χ3n) is 5.02. The van der Waals surface area contributed by atoms with Crippen molar-refractivity contribution in [3.8, 4) is 0 Å². The van der Waals surface area contributed by atoms with Crippen molar-refractivity contribution >= 4 is 27.3 Å². The molecule has 1 N–H and O–H groups in total. The first-order chi connectivity index (χ1) is 14.6. The molecule has 0 heterocycles. The molecule has 0 fully saturated rings. The molecule has 6 heteroatoms. The van der Waals surface area contributed by atoms with Crippen LogP contribution in [0.1, 0.15) is 27.8 Å². The number of nitrogens with one attached hydrogen (secondary N) is 1. The predicted molar refractivity (Wildman–Crippen MR) is 126 cm³/mol. The molecule has 3 aromatic carbocycles. The maximum atomic E-state index is 13.5. The van der Waals surface area contributed by atoms with Gasteiger partial charge in [-0.1, -0.05) is 41.5 Å². The standard InChI is InChI=1S/C25H28N2O3S/c1-17-6-9-23(10-7-17)31(29,30)27(24-11-8-18(2)13-21(24)5)16-25(28)26-22-14-19(3)12-20(4)15-22/h6-15H,16H2,1-5H3,(H,26,28). The second-order valence-corrected chi connectivity index (χ2v) is 9.90. The molecule has 0 bridgehead atoms. The van der Waals surface area contributed by atoms with Gasteiger partial charge in [-0.05, 0) is 81.6 Å². The molecule has 1 amide bonds. The summed E-state index contributed by atoms with van der Waals surface area (Å²) in [7, 11) is -3.94. The summed E-state index contributed by atoms with van der Waals surface area (Å²) in [5, 5.41) is 2.84. The van der Waals surface area contributed by atoms with Crippen LogP contribution in [0, 0.1) is 34.6 Å². The Balaban J connectivity index is 1.99. The topological polar surface area (TPSA) is 66.5 Å². The van der Waals surface area contributed by atoms with E-state index in [2.05, 4.69) is 5.32 Å². The highest BCUT2D eigenvalue weighted by Gasteiger charge is 2.28. The first-order valence-corrected chi connectivity index (χ1v) is 11.5. The van der Waals surface area contributed by atoms with E-state index < -0.39 is 15.9 Å². The fourth-order valence-electron chi connectivity index (χ4n) is 3.60. The molecule has 0 aliphatic heterocycles. The Morgan fingerprint density at radius 3 is 1.94 bits per heavy atom. The van der Waals surface area contributed by atoms with Gasteiger partial charge in [-0.3, -0.25) is 9.10 Å². The van der Waals surface area contributed by atoms with Crippen molar-refractivity contribution in [1.82, 2.24) is 0 Å². The average Bonchev–Trinajstić information content (AvgIpc) is 2.66. The fourth-order valence-corrected chi connectivity index (χ4v) is 5.09. The highest BCUT2D eigenvalue weighted by molar-refractivity contribution is 7.92. The van der Waals surface area contributed by atoms with E-state index in [4.69, 9.17) is 0 Å². The summed E-state index contributed by atoms with van der Waals surface area (Å²) in [4.78, 5) is 13.1. The SMILES string of the molecule is Cc1ccc(S(=O)(=O)N(CC(=O)Nc2cc(C)cc(C)c2)c2ccc(C)cc2C)cc1. The van der Waals surface area contributed by atoms with Gasteiger partial charge in [0.15, 0.2) is 0 Å². The van der Waals surface area contributed by atoms with Gasteiger partial charge in [0.25, 0.3) is 10.0 Å². The van der Waals surface area contributed by atoms with E-state index in [-0.39, 0.29) is 11.4 Å². The Morgan fingerprint density at radius 2 is 1.35 bits per heavy atom. The van der Waals surface area contributed by atoms with E-state index in [0.29, 0.717) is 11.4 Å². The van der Waals surface area contributed by atoms with Crippen LogP contribution in [0.3, 0.4) is 0 Å². The first-order valence-electron chi connectivity index (χ1n) is 10.1. The minimum atomic E-state index is -3.94. The maximum absolute atomic E-state index is 13.5. The molecular weight excluding hydrogens is 408 g/mol. The van der Waals surface area contributed by atoms with Crippen LogP contribution >= 0.6 is 0 Å². The molecule has 0 aliphatic carbocycles. The number of hydrogen-bond donors (Lipinski definition) is 1. The van der Waals surface area contributed by atoms with Crippen molar-refractivity contribution in [3.05, 3.63) is 88.5 Å². The van der Waals surface area contributed by atoms with Crippen LogP contribution in [-0.4, -0.2) is 20.9 Å². The number of amides is 1. The Morgan fingerprint density at radius 1 is 0.774 bits per heavy atom. The number of nitrogens with zero attached hydrogens (tertiary/aromatic N) is 1. The molecule has 0 unspecified atom stereocenters. The van der Waals surface area contributed by atoms with Crippen LogP contribution in [-0.2, 0) is 14.8 Å². The summed E-state index contributed by atoms with van der Waals surface area (Å²) in [6, 6.07) is 17.9. The van der Waals surface area contributed by atoms with Gasteiger partial charge in [-0.2, -0.15) is 0 Å². The van der Waals surface area contributed by atoms with Gasteiger partial charge < -0.3 is 5.32 Å². The van der Waals surface area contributed by atoms with Gasteiger partial charge in [0.2, 0.25) is 5.91 Å². The molecule has 0 atom stereocenters. The molecule has 0 saturated carbocycles. The van der Waals surface area contributed by atoms with E-state index in [1.54, 1.807) is 30.3 Å². The van der Waals surface area contributed by atoms with Gasteiger partial charge in [-0.15, -0.1) is 0 Å². The molecular formula is C25H28N2O3S. The Hall–Kier alpha value is -3.12. The van der Waals surface area contributed by atoms with E-state index in [1.165, 1.54) is 4.31 Å². The molecule has 3 rings (SSSR count). The third kappa shape index (κ3) is 5.33. The summed E-state index contributed by atoms with van der Waals surface area (Å²) in [6.45, 7) is 9.27. The minimum absolute atomic E-state index is 0.150. The van der Waals surface area contributed by atoms with E-state index in [0.717, 1.165) is 27.8 Å². The molecule has 5 nitrogen and oxygen atoms in total. The number of carbonyl (C=O) groups excluding carboxylic acids is 1. The highest BCUT2D eigenvalue weighted by Crippen LogP contribution is 2.28. The second kappa shape index (κ2) is 8.94. The van der Waals surface area contributed by atoms with Crippen LogP contribution < -0.4 is 9.62 Å². The molecule has 31 heavy (non-hydrogen) atoms. The van der Waals surface area contributed by atoms with Crippen LogP contribution in [0.15, 0.2) is 65.6 Å². The van der Waals surface area contributed by atoms with Gasteiger partial charge in [0.05, 0.1) is 10.6 Å². The average molecular weight is 437 g/mol. The number of rotatable bonds is 6. The van der Waals surface area contributed by atoms with Crippen LogP contribution in [0.5, 0.6) is 0 Å². The van der Waals surface area contributed by atoms with E-state index in [1.807, 2.05) is 65.0 Å². The number of aryl methyl sites for hydroxylation is 5. The number of hydrogen-bond acceptors (Lipinski definition) is 3. The zero-order valence-corrected chi connectivity index (χ0v) is 19.4. The summed E-state index contributed by atoms with van der Waals surface area (Å²) < 4.78 is 28.2. The van der Waals surface area contributed by atoms with Gasteiger partial charge in [-0.25, -0.2) is 8.42 Å². The Kier molecular flexibility index (Phi) is 6.51. The molecule has 0 aliphatic rings. The minimum Gasteiger partial charge on any atom is -0.324 e. The summed E-state index contributed by atoms with van der Waals surface area (Å²) in [6.07, 6.45) is 0. The lowest BCUT2D eigenvalue weighted by atomic mass is 10.1. The van der Waals surface area contributed by atoms with Crippen molar-refractivity contribution in [2.75, 3.05) is 16.2 Å². The molecule has 0 saturated heterocycles. The van der Waals surface area contributed by atoms with Crippen molar-refractivity contribution < 1.29 is 13.2 Å². The molecule has 3 aromatic rings. The van der Waals surface area contributed by atoms with Crippen LogP contribution in [0.2, 0.25) is 0 Å². The normalized spacial score (nSPS) is 11.3. The third-order valence-corrected chi connectivity index (χ3v) is 6.80. The quantitative estimate of drug-likeness (QED) is 0.587. The van der Waals surface area contributed by atoms with Crippen molar-refractivity contribution in [3.63, 3.8) is 0 Å². The maximum Gasteiger partial charge on any atom is 0.264 e. The van der Waals surface area contributed by atoms with E-state index >= 15 is 0 Å². The summed E-state index contributed by atoms with van der Waals surface area (Å²) in [5.41, 5.74) is 5.95. The summed E-state index contributed by atoms with van der Waals surface area (Å²) >= 11 is 0. The zero-order chi connectivity index (χ0) is 22.8. The van der Waals surface area contributed by atoms with Crippen LogP contribution in [0.25, 0.3) is 0 Å². The number of carbonyl (C=O) groups is 1. The Labute approximate surface area is 184 Å². The number of anilines is 2. The Bertz CT molecular complexity index is 1200. The van der Waals surface area contributed by atoms with Crippen LogP contribution in [0.4, 0.5) is 11.4 Å². The second-order valence-electron chi connectivity index (χ2n) is 8.04. The highest BCUT2D eigenvalue weighted by atomic mass is 32.2. The lowest BCUT2D eigenvalue weighted by Gasteiger charge is -2.26. The zero-order valence-electron chi connectivity index (χ0n) is 18.6. The van der Waals surface area contributed by atoms with E-state index in [9.17, 15) is 13.2 Å². The van der Waals surface area contributed by atoms with Gasteiger partial charge in [0, 0.05) is 5.69 Å². The smallest absolute Gasteiger partial charge is 0.264 e. The van der Waals surface area contributed by atoms with Crippen molar-refractivity contribution in [1.29, 1.82) is 0 Å². The number of sulfonamides is 1. The van der Waals surface area contributed by atoms with Crippen molar-refractivity contribution in [2.24, 2.45) is 0 Å². The molecule has 0 aromatic heterocycles. The predicted octanol–water partition coefficient (Wildman–Crippen LogP) is 5.06. The molecule has 162 valence electrons. The largest absolute Gasteiger partial charge is 0.324 e. The van der Waals surface area contributed by atoms with Crippen molar-refractivity contribution in [2.45, 2.75) is 39.5 Å². The lowest BCUT2D eigenvalue weighted by molar-refractivity contribution is -0.114. The van der Waals surface area contributed by atoms with Gasteiger partial charge >= 0.3 is 0 Å². The number of benzene rings is 3. The monoisotopic (exact) mass is 436 g/mol. The fraction of sp³-hybridized carbons (Fsp3) is 0.240. The molecule has 0 spiro atoms. The molecule has 0 radical (unpaired) electrons. The summed E-state index contributed by atoms with van der Waals surface area (Å²) in [5.74, 6) is -0.402.